The van der Waals surface area contributed by atoms with Crippen molar-refractivity contribution in [3.63, 3.8) is 0 Å². The lowest BCUT2D eigenvalue weighted by atomic mass is 10.1. The van der Waals surface area contributed by atoms with Crippen LogP contribution in [0.5, 0.6) is 0 Å². The van der Waals surface area contributed by atoms with E-state index < -0.39 is 20.6 Å². The molecular weight excluding hydrogens is 540 g/mol. The highest BCUT2D eigenvalue weighted by atomic mass is 35.5. The molecule has 1 amide bonds. The van der Waals surface area contributed by atoms with Crippen LogP contribution in [-0.2, 0) is 27.8 Å². The fourth-order valence-electron chi connectivity index (χ4n) is 4.62. The predicted octanol–water partition coefficient (Wildman–Crippen LogP) is 5.15. The molecule has 0 atom stereocenters. The lowest BCUT2D eigenvalue weighted by Crippen LogP contribution is -2.44. The van der Waals surface area contributed by atoms with Crippen LogP contribution in [0.2, 0.25) is 5.02 Å². The van der Waals surface area contributed by atoms with Gasteiger partial charge in [-0.1, -0.05) is 60.1 Å². The minimum atomic E-state index is -4.18. The summed E-state index contributed by atoms with van der Waals surface area (Å²) >= 11 is 5.90. The molecule has 3 aromatic carbocycles. The monoisotopic (exact) mass is 566 g/mol. The summed E-state index contributed by atoms with van der Waals surface area (Å²) in [4.78, 5) is 29.0. The van der Waals surface area contributed by atoms with Crippen molar-refractivity contribution in [3.8, 4) is 0 Å². The summed E-state index contributed by atoms with van der Waals surface area (Å²) in [5.74, 6) is -0.336. The molecule has 39 heavy (non-hydrogen) atoms. The van der Waals surface area contributed by atoms with Crippen LogP contribution in [0.15, 0.2) is 83.9 Å². The van der Waals surface area contributed by atoms with E-state index in [0.717, 1.165) is 28.1 Å². The number of nitro benzene ring substituents is 1. The van der Waals surface area contributed by atoms with Crippen LogP contribution in [0.4, 0.5) is 5.69 Å². The number of halogens is 1. The number of carbonyl (C=O) groups excluding carboxylic acids is 1. The fraction of sp³-hybridized carbons (Fsp3) is 0.250. The van der Waals surface area contributed by atoms with Gasteiger partial charge in [0.05, 0.1) is 16.4 Å². The zero-order valence-corrected chi connectivity index (χ0v) is 22.6. The Balaban J connectivity index is 1.40. The SMILES string of the molecule is O=C(CN(C1CC1)S(=O)(=O)c1ccc(Cl)c([N+](=O)[O-])c1)N(CCc1c[nH]c2ccccc12)Cc1ccccc1. The van der Waals surface area contributed by atoms with Gasteiger partial charge in [0.2, 0.25) is 15.9 Å². The van der Waals surface area contributed by atoms with Crippen LogP contribution >= 0.6 is 11.6 Å². The Morgan fingerprint density at radius 3 is 2.49 bits per heavy atom. The second-order valence-electron chi connectivity index (χ2n) is 9.56. The van der Waals surface area contributed by atoms with Crippen molar-refractivity contribution in [2.45, 2.75) is 36.7 Å². The fourth-order valence-corrected chi connectivity index (χ4v) is 6.47. The normalized spacial score (nSPS) is 13.6. The summed E-state index contributed by atoms with van der Waals surface area (Å²) in [6.07, 6.45) is 3.76. The molecule has 0 aliphatic heterocycles. The zero-order valence-electron chi connectivity index (χ0n) is 21.0. The summed E-state index contributed by atoms with van der Waals surface area (Å²) < 4.78 is 28.4. The quantitative estimate of drug-likeness (QED) is 0.199. The van der Waals surface area contributed by atoms with E-state index in [1.165, 1.54) is 16.4 Å². The number of benzene rings is 3. The number of hydrogen-bond donors (Lipinski definition) is 1. The predicted molar refractivity (Wildman–Crippen MR) is 149 cm³/mol. The Hall–Kier alpha value is -3.73. The van der Waals surface area contributed by atoms with Crippen LogP contribution in [0.25, 0.3) is 10.9 Å². The van der Waals surface area contributed by atoms with Gasteiger partial charge in [-0.05, 0) is 48.6 Å². The molecular formula is C28H27ClN4O5S. The van der Waals surface area contributed by atoms with E-state index in [-0.39, 0.29) is 28.4 Å². The smallest absolute Gasteiger partial charge is 0.289 e. The van der Waals surface area contributed by atoms with Gasteiger partial charge in [0.15, 0.2) is 0 Å². The molecule has 0 saturated heterocycles. The van der Waals surface area contributed by atoms with Crippen LogP contribution in [0.3, 0.4) is 0 Å². The van der Waals surface area contributed by atoms with E-state index in [1.54, 1.807) is 4.90 Å². The number of H-pyrrole nitrogens is 1. The molecule has 202 valence electrons. The van der Waals surface area contributed by atoms with Crippen molar-refractivity contribution in [2.24, 2.45) is 0 Å². The average Bonchev–Trinajstić information content (AvgIpc) is 3.69. The number of aromatic nitrogens is 1. The molecule has 0 spiro atoms. The zero-order chi connectivity index (χ0) is 27.6. The minimum absolute atomic E-state index is 0.153. The number of carbonyl (C=O) groups is 1. The minimum Gasteiger partial charge on any atom is -0.361 e. The number of nitro groups is 1. The molecule has 0 radical (unpaired) electrons. The summed E-state index contributed by atoms with van der Waals surface area (Å²) in [5.41, 5.74) is 2.51. The highest BCUT2D eigenvalue weighted by Crippen LogP contribution is 2.34. The van der Waals surface area contributed by atoms with Crippen LogP contribution in [0.1, 0.15) is 24.0 Å². The summed E-state index contributed by atoms with van der Waals surface area (Å²) in [6, 6.07) is 20.5. The van der Waals surface area contributed by atoms with Gasteiger partial charge in [-0.2, -0.15) is 4.31 Å². The molecule has 9 nitrogen and oxygen atoms in total. The Kier molecular flexibility index (Phi) is 7.69. The van der Waals surface area contributed by atoms with E-state index in [4.69, 9.17) is 11.6 Å². The molecule has 1 aliphatic carbocycles. The Bertz CT molecular complexity index is 1620. The van der Waals surface area contributed by atoms with Crippen molar-refractivity contribution in [1.29, 1.82) is 0 Å². The number of hydrogen-bond acceptors (Lipinski definition) is 5. The van der Waals surface area contributed by atoms with Gasteiger partial charge in [0, 0.05) is 42.3 Å². The number of nitrogens with zero attached hydrogens (tertiary/aromatic N) is 3. The lowest BCUT2D eigenvalue weighted by Gasteiger charge is -2.27. The molecule has 1 saturated carbocycles. The molecule has 1 aromatic heterocycles. The summed E-state index contributed by atoms with van der Waals surface area (Å²) in [6.45, 7) is 0.359. The van der Waals surface area contributed by atoms with E-state index in [1.807, 2.05) is 60.8 Å². The van der Waals surface area contributed by atoms with Gasteiger partial charge in [0.25, 0.3) is 5.69 Å². The molecule has 0 bridgehead atoms. The summed E-state index contributed by atoms with van der Waals surface area (Å²) in [5, 5.41) is 12.3. The van der Waals surface area contributed by atoms with Gasteiger partial charge in [-0.25, -0.2) is 8.42 Å². The third-order valence-corrected chi connectivity index (χ3v) is 9.08. The standard InChI is InChI=1S/C28H27ClN4O5S/c29-25-13-12-23(16-27(25)33(35)36)39(37,38)32(22-10-11-22)19-28(34)31(18-20-6-2-1-3-7-20)15-14-21-17-30-26-9-5-4-8-24(21)26/h1-9,12-13,16-17,22,30H,10-11,14-15,18-19H2. The van der Waals surface area contributed by atoms with Crippen LogP contribution in [-0.4, -0.2) is 52.6 Å². The molecule has 11 heteroatoms. The largest absolute Gasteiger partial charge is 0.361 e. The molecule has 0 unspecified atom stereocenters. The lowest BCUT2D eigenvalue weighted by molar-refractivity contribution is -0.384. The highest BCUT2D eigenvalue weighted by molar-refractivity contribution is 7.89. The number of fused-ring (bicyclic) bond motifs is 1. The first kappa shape index (κ1) is 26.9. The highest BCUT2D eigenvalue weighted by Gasteiger charge is 2.40. The number of para-hydroxylation sites is 1. The van der Waals surface area contributed by atoms with Gasteiger partial charge >= 0.3 is 0 Å². The third-order valence-electron chi connectivity index (χ3n) is 6.86. The Morgan fingerprint density at radius 2 is 1.77 bits per heavy atom. The molecule has 4 aromatic rings. The number of rotatable bonds is 11. The van der Waals surface area contributed by atoms with E-state index in [9.17, 15) is 23.3 Å². The Morgan fingerprint density at radius 1 is 1.05 bits per heavy atom. The second-order valence-corrected chi connectivity index (χ2v) is 11.9. The van der Waals surface area contributed by atoms with Gasteiger partial charge in [-0.3, -0.25) is 14.9 Å². The van der Waals surface area contributed by atoms with Gasteiger partial charge in [-0.15, -0.1) is 0 Å². The Labute approximate surface area is 231 Å². The summed E-state index contributed by atoms with van der Waals surface area (Å²) in [7, 11) is -4.18. The van der Waals surface area contributed by atoms with Crippen molar-refractivity contribution < 1.29 is 18.1 Å². The third kappa shape index (κ3) is 5.98. The van der Waals surface area contributed by atoms with E-state index in [0.29, 0.717) is 32.4 Å². The van der Waals surface area contributed by atoms with E-state index >= 15 is 0 Å². The van der Waals surface area contributed by atoms with Crippen molar-refractivity contribution in [1.82, 2.24) is 14.2 Å². The van der Waals surface area contributed by atoms with E-state index in [2.05, 4.69) is 4.98 Å². The molecule has 1 aliphatic rings. The van der Waals surface area contributed by atoms with Gasteiger partial charge in [0.1, 0.15) is 5.02 Å². The molecule has 1 heterocycles. The number of amides is 1. The maximum absolute atomic E-state index is 13.7. The first-order valence-corrected chi connectivity index (χ1v) is 14.4. The van der Waals surface area contributed by atoms with Crippen molar-refractivity contribution >= 4 is 44.1 Å². The topological polar surface area (TPSA) is 117 Å². The first-order chi connectivity index (χ1) is 18.7. The van der Waals surface area contributed by atoms with Crippen molar-refractivity contribution in [3.05, 3.63) is 105 Å². The number of sulfonamides is 1. The molecule has 1 N–H and O–H groups in total. The average molecular weight is 567 g/mol. The first-order valence-electron chi connectivity index (χ1n) is 12.6. The maximum atomic E-state index is 13.7. The number of aromatic amines is 1. The molecule has 1 fully saturated rings. The number of nitrogens with one attached hydrogen (secondary N) is 1. The maximum Gasteiger partial charge on any atom is 0.289 e. The molecule has 5 rings (SSSR count). The van der Waals surface area contributed by atoms with Crippen LogP contribution in [0, 0.1) is 10.1 Å². The second kappa shape index (κ2) is 11.2. The van der Waals surface area contributed by atoms with Gasteiger partial charge < -0.3 is 9.88 Å². The van der Waals surface area contributed by atoms with Crippen molar-refractivity contribution in [2.75, 3.05) is 13.1 Å². The van der Waals surface area contributed by atoms with Crippen LogP contribution < -0.4 is 0 Å².